The highest BCUT2D eigenvalue weighted by Crippen LogP contribution is 2.15. The van der Waals surface area contributed by atoms with Crippen molar-refractivity contribution in [2.45, 2.75) is 0 Å². The lowest BCUT2D eigenvalue weighted by atomic mass is 10.5. The molecule has 0 spiro atoms. The average molecular weight is 272 g/mol. The molecule has 10 nitrogen and oxygen atoms in total. The quantitative estimate of drug-likeness (QED) is 0.627. The summed E-state index contributed by atoms with van der Waals surface area (Å²) in [5.74, 6) is -2.60. The lowest BCUT2D eigenvalue weighted by Crippen LogP contribution is -2.35. The minimum absolute atomic E-state index is 0.109. The van der Waals surface area contributed by atoms with Crippen molar-refractivity contribution in [3.05, 3.63) is 0 Å². The molecule has 1 heterocycles. The molecule has 0 saturated heterocycles. The van der Waals surface area contributed by atoms with Crippen molar-refractivity contribution >= 4 is 17.9 Å². The number of methoxy groups -OCH3 is 2. The summed E-state index contributed by atoms with van der Waals surface area (Å²) in [6, 6.07) is -0.217. The van der Waals surface area contributed by atoms with Crippen LogP contribution in [0, 0.1) is 0 Å². The van der Waals surface area contributed by atoms with E-state index < -0.39 is 25.0 Å². The van der Waals surface area contributed by atoms with E-state index >= 15 is 0 Å². The summed E-state index contributed by atoms with van der Waals surface area (Å²) >= 11 is 0. The van der Waals surface area contributed by atoms with Crippen molar-refractivity contribution in [2.75, 3.05) is 32.2 Å². The SMILES string of the molecule is COc1nc(OC)nc(N(CC(=O)O)CC(=O)O)n1. The van der Waals surface area contributed by atoms with Crippen molar-refractivity contribution in [3.63, 3.8) is 0 Å². The van der Waals surface area contributed by atoms with Gasteiger partial charge in [0.25, 0.3) is 0 Å². The number of aromatic nitrogens is 3. The molecule has 0 aromatic carbocycles. The third-order valence-electron chi connectivity index (χ3n) is 1.88. The van der Waals surface area contributed by atoms with E-state index in [0.717, 1.165) is 4.90 Å². The van der Waals surface area contributed by atoms with Gasteiger partial charge in [0.05, 0.1) is 14.2 Å². The number of anilines is 1. The van der Waals surface area contributed by atoms with Gasteiger partial charge in [0.2, 0.25) is 5.95 Å². The Balaban J connectivity index is 3.12. The second kappa shape index (κ2) is 6.33. The number of hydrogen-bond donors (Lipinski definition) is 2. The van der Waals surface area contributed by atoms with Gasteiger partial charge in [-0.2, -0.15) is 9.97 Å². The number of aliphatic carboxylic acids is 2. The highest BCUT2D eigenvalue weighted by molar-refractivity contribution is 5.78. The molecular formula is C9H12N4O6. The van der Waals surface area contributed by atoms with Gasteiger partial charge >= 0.3 is 24.0 Å². The Morgan fingerprint density at radius 1 is 1.00 bits per heavy atom. The van der Waals surface area contributed by atoms with Crippen LogP contribution in [0.2, 0.25) is 0 Å². The summed E-state index contributed by atoms with van der Waals surface area (Å²) in [6.07, 6.45) is 0. The summed E-state index contributed by atoms with van der Waals surface area (Å²) in [6.45, 7) is -1.16. The maximum absolute atomic E-state index is 10.7. The van der Waals surface area contributed by atoms with E-state index in [9.17, 15) is 9.59 Å². The average Bonchev–Trinajstić information content (AvgIpc) is 2.36. The molecular weight excluding hydrogens is 260 g/mol. The zero-order valence-corrected chi connectivity index (χ0v) is 10.2. The van der Waals surface area contributed by atoms with E-state index in [4.69, 9.17) is 19.7 Å². The van der Waals surface area contributed by atoms with Crippen molar-refractivity contribution in [3.8, 4) is 12.0 Å². The number of hydrogen-bond acceptors (Lipinski definition) is 8. The number of carboxylic acid groups (broad SMARTS) is 2. The molecule has 1 aromatic heterocycles. The molecule has 0 radical (unpaired) electrons. The lowest BCUT2D eigenvalue weighted by Gasteiger charge is -2.18. The highest BCUT2D eigenvalue weighted by Gasteiger charge is 2.19. The van der Waals surface area contributed by atoms with Crippen LogP contribution in [0.3, 0.4) is 0 Å². The normalized spacial score (nSPS) is 9.79. The standard InChI is InChI=1S/C9H12N4O6/c1-18-8-10-7(11-9(12-8)19-2)13(3-5(14)15)4-6(16)17/h3-4H2,1-2H3,(H,14,15)(H,16,17). The second-order valence-electron chi connectivity index (χ2n) is 3.25. The topological polar surface area (TPSA) is 135 Å². The molecule has 10 heteroatoms. The Morgan fingerprint density at radius 2 is 1.42 bits per heavy atom. The molecule has 0 amide bonds. The molecule has 104 valence electrons. The van der Waals surface area contributed by atoms with Crippen LogP contribution in [0.15, 0.2) is 0 Å². The monoisotopic (exact) mass is 272 g/mol. The van der Waals surface area contributed by atoms with Gasteiger partial charge in [-0.05, 0) is 0 Å². The summed E-state index contributed by atoms with van der Waals surface area (Å²) in [4.78, 5) is 33.6. The summed E-state index contributed by atoms with van der Waals surface area (Å²) in [5.41, 5.74) is 0. The predicted octanol–water partition coefficient (Wildman–Crippen LogP) is -1.14. The smallest absolute Gasteiger partial charge is 0.324 e. The molecule has 0 saturated carbocycles. The number of nitrogens with zero attached hydrogens (tertiary/aromatic N) is 4. The maximum atomic E-state index is 10.7. The first kappa shape index (κ1) is 14.4. The van der Waals surface area contributed by atoms with Crippen LogP contribution in [0.25, 0.3) is 0 Å². The Hall–Kier alpha value is -2.65. The fourth-order valence-electron chi connectivity index (χ4n) is 1.18. The first-order chi connectivity index (χ1) is 8.96. The third kappa shape index (κ3) is 4.26. The van der Waals surface area contributed by atoms with Gasteiger partial charge in [-0.3, -0.25) is 9.59 Å². The van der Waals surface area contributed by atoms with Gasteiger partial charge in [-0.1, -0.05) is 0 Å². The molecule has 0 bridgehead atoms. The molecule has 0 aliphatic rings. The second-order valence-corrected chi connectivity index (χ2v) is 3.25. The number of ether oxygens (including phenoxy) is 2. The molecule has 0 fully saturated rings. The predicted molar refractivity (Wildman–Crippen MR) is 60.4 cm³/mol. The van der Waals surface area contributed by atoms with Gasteiger partial charge in [-0.25, -0.2) is 0 Å². The lowest BCUT2D eigenvalue weighted by molar-refractivity contribution is -0.136. The molecule has 0 unspecified atom stereocenters. The Labute approximate surface area is 107 Å². The van der Waals surface area contributed by atoms with Gasteiger partial charge in [0, 0.05) is 0 Å². The maximum Gasteiger partial charge on any atom is 0.324 e. The fraction of sp³-hybridized carbons (Fsp3) is 0.444. The molecule has 2 N–H and O–H groups in total. The van der Waals surface area contributed by atoms with Gasteiger partial charge in [-0.15, -0.1) is 4.98 Å². The molecule has 19 heavy (non-hydrogen) atoms. The first-order valence-corrected chi connectivity index (χ1v) is 4.99. The Morgan fingerprint density at radius 3 is 1.74 bits per heavy atom. The van der Waals surface area contributed by atoms with Crippen molar-refractivity contribution in [2.24, 2.45) is 0 Å². The van der Waals surface area contributed by atoms with Crippen LogP contribution in [0.1, 0.15) is 0 Å². The fourth-order valence-corrected chi connectivity index (χ4v) is 1.18. The van der Waals surface area contributed by atoms with E-state index in [1.807, 2.05) is 0 Å². The number of carboxylic acids is 2. The molecule has 0 atom stereocenters. The van der Waals surface area contributed by atoms with Crippen LogP contribution in [-0.2, 0) is 9.59 Å². The van der Waals surface area contributed by atoms with Gasteiger partial charge < -0.3 is 24.6 Å². The van der Waals surface area contributed by atoms with E-state index in [2.05, 4.69) is 15.0 Å². The van der Waals surface area contributed by atoms with Crippen molar-refractivity contribution in [1.29, 1.82) is 0 Å². The zero-order chi connectivity index (χ0) is 14.4. The minimum atomic E-state index is -1.22. The summed E-state index contributed by atoms with van der Waals surface area (Å²) in [5, 5.41) is 17.5. The van der Waals surface area contributed by atoms with E-state index in [1.165, 1.54) is 14.2 Å². The third-order valence-corrected chi connectivity index (χ3v) is 1.88. The largest absolute Gasteiger partial charge is 0.480 e. The van der Waals surface area contributed by atoms with Crippen LogP contribution in [-0.4, -0.2) is 64.4 Å². The first-order valence-electron chi connectivity index (χ1n) is 4.99. The minimum Gasteiger partial charge on any atom is -0.480 e. The number of carbonyl (C=O) groups is 2. The van der Waals surface area contributed by atoms with Crippen LogP contribution >= 0.6 is 0 Å². The number of rotatable bonds is 7. The Kier molecular flexibility index (Phi) is 4.80. The van der Waals surface area contributed by atoms with E-state index in [1.54, 1.807) is 0 Å². The van der Waals surface area contributed by atoms with E-state index in [0.29, 0.717) is 0 Å². The van der Waals surface area contributed by atoms with E-state index in [-0.39, 0.29) is 18.0 Å². The van der Waals surface area contributed by atoms with Crippen molar-refractivity contribution in [1.82, 2.24) is 15.0 Å². The van der Waals surface area contributed by atoms with Crippen LogP contribution in [0.4, 0.5) is 5.95 Å². The summed E-state index contributed by atoms with van der Waals surface area (Å²) in [7, 11) is 2.61. The molecule has 0 aliphatic carbocycles. The molecule has 1 aromatic rings. The van der Waals surface area contributed by atoms with Crippen LogP contribution in [0.5, 0.6) is 12.0 Å². The Bertz CT molecular complexity index is 442. The summed E-state index contributed by atoms with van der Waals surface area (Å²) < 4.78 is 9.59. The zero-order valence-electron chi connectivity index (χ0n) is 10.2. The molecule has 1 rings (SSSR count). The highest BCUT2D eigenvalue weighted by atomic mass is 16.5. The van der Waals surface area contributed by atoms with Gasteiger partial charge in [0.1, 0.15) is 13.1 Å². The van der Waals surface area contributed by atoms with Crippen LogP contribution < -0.4 is 14.4 Å². The van der Waals surface area contributed by atoms with Crippen molar-refractivity contribution < 1.29 is 29.3 Å². The molecule has 0 aliphatic heterocycles. The van der Waals surface area contributed by atoms with Gasteiger partial charge in [0.15, 0.2) is 0 Å².